The number of carbonyl (C=O) groups excluding carboxylic acids is 4. The van der Waals surface area contributed by atoms with Gasteiger partial charge in [-0.05, 0) is 66.0 Å². The minimum Gasteiger partial charge on any atom is -0.505 e. The number of ether oxygens (including phenoxy) is 2. The third kappa shape index (κ3) is 16.3. The number of hydrogen-bond donors (Lipinski definition) is 3. The molecular weight excluding hydrogens is 607 g/mol. The molecule has 0 aliphatic rings. The highest BCUT2D eigenvalue weighted by Gasteiger charge is 2.27. The van der Waals surface area contributed by atoms with Crippen molar-refractivity contribution in [2.24, 2.45) is 16.2 Å². The molecule has 3 N–H and O–H groups in total. The summed E-state index contributed by atoms with van der Waals surface area (Å²) < 4.78 is 9.77. The molecule has 1 aromatic rings. The molecule has 0 fully saturated rings. The molecule has 252 valence electrons. The number of amides is 2. The van der Waals surface area contributed by atoms with Crippen molar-refractivity contribution in [2.45, 2.75) is 108 Å². The molecule has 1 rings (SSSR count). The van der Waals surface area contributed by atoms with E-state index in [0.29, 0.717) is 17.7 Å². The molecule has 11 heteroatoms. The van der Waals surface area contributed by atoms with Gasteiger partial charge < -0.3 is 25.2 Å². The zero-order valence-electron chi connectivity index (χ0n) is 28.6. The first-order valence-corrected chi connectivity index (χ1v) is 15.5. The molecule has 2 amide bonds. The van der Waals surface area contributed by atoms with Gasteiger partial charge in [-0.2, -0.15) is 0 Å². The summed E-state index contributed by atoms with van der Waals surface area (Å²) in [5.74, 6) is -0.888. The number of rotatable bonds is 12. The molecular formula is C33H54Cl2N2O7. The van der Waals surface area contributed by atoms with Gasteiger partial charge in [0.05, 0.1) is 15.5 Å². The van der Waals surface area contributed by atoms with Crippen molar-refractivity contribution in [1.29, 1.82) is 0 Å². The Morgan fingerprint density at radius 3 is 1.61 bits per heavy atom. The molecule has 0 atom stereocenters. The van der Waals surface area contributed by atoms with E-state index in [9.17, 15) is 24.3 Å². The number of phenolic OH excluding ortho intramolecular Hbond substituents is 1. The third-order valence-corrected chi connectivity index (χ3v) is 7.60. The molecule has 0 bridgehead atoms. The van der Waals surface area contributed by atoms with Crippen LogP contribution < -0.4 is 10.6 Å². The average molecular weight is 662 g/mol. The van der Waals surface area contributed by atoms with Crippen molar-refractivity contribution >= 4 is 52.6 Å². The van der Waals surface area contributed by atoms with Crippen LogP contribution in [0, 0.1) is 16.2 Å². The Kier molecular flexibility index (Phi) is 19.3. The normalized spacial score (nSPS) is 11.2. The summed E-state index contributed by atoms with van der Waals surface area (Å²) in [5, 5.41) is 15.2. The maximum absolute atomic E-state index is 11.9. The van der Waals surface area contributed by atoms with Gasteiger partial charge in [-0.3, -0.25) is 14.4 Å². The first-order valence-electron chi connectivity index (χ1n) is 14.8. The summed E-state index contributed by atoms with van der Waals surface area (Å²) in [6, 6.07) is 3.17. The summed E-state index contributed by atoms with van der Waals surface area (Å²) in [6.45, 7) is 26.3. The Balaban J connectivity index is 0. The van der Waals surface area contributed by atoms with Gasteiger partial charge >= 0.3 is 11.9 Å². The van der Waals surface area contributed by atoms with E-state index in [2.05, 4.69) is 17.2 Å². The molecule has 0 aliphatic heterocycles. The van der Waals surface area contributed by atoms with Gasteiger partial charge in [0.1, 0.15) is 13.2 Å². The van der Waals surface area contributed by atoms with Gasteiger partial charge in [0.2, 0.25) is 11.8 Å². The summed E-state index contributed by atoms with van der Waals surface area (Å²) in [6.07, 6.45) is 2.31. The third-order valence-electron chi connectivity index (χ3n) is 7.03. The molecule has 0 saturated heterocycles. The Morgan fingerprint density at radius 1 is 0.818 bits per heavy atom. The van der Waals surface area contributed by atoms with E-state index in [-0.39, 0.29) is 58.2 Å². The van der Waals surface area contributed by atoms with Gasteiger partial charge in [0.25, 0.3) is 0 Å². The van der Waals surface area contributed by atoms with E-state index in [1.807, 2.05) is 76.2 Å². The van der Waals surface area contributed by atoms with Gasteiger partial charge in [-0.15, -0.1) is 0 Å². The highest BCUT2D eigenvalue weighted by Crippen LogP contribution is 2.35. The molecule has 0 saturated carbocycles. The molecule has 0 unspecified atom stereocenters. The summed E-state index contributed by atoms with van der Waals surface area (Å²) >= 11 is 11.5. The predicted molar refractivity (Wildman–Crippen MR) is 179 cm³/mol. The number of hydrogen-bond acceptors (Lipinski definition) is 7. The Hall–Kier alpha value is -2.78. The second kappa shape index (κ2) is 19.6. The first-order chi connectivity index (χ1) is 20.0. The van der Waals surface area contributed by atoms with Crippen molar-refractivity contribution in [1.82, 2.24) is 5.32 Å². The fourth-order valence-electron chi connectivity index (χ4n) is 2.45. The van der Waals surface area contributed by atoms with Crippen LogP contribution in [0.4, 0.5) is 5.69 Å². The number of esters is 2. The van der Waals surface area contributed by atoms with Crippen LogP contribution >= 0.6 is 23.2 Å². The van der Waals surface area contributed by atoms with Crippen molar-refractivity contribution in [3.63, 3.8) is 0 Å². The van der Waals surface area contributed by atoms with Crippen LogP contribution in [-0.4, -0.2) is 48.1 Å². The topological polar surface area (TPSA) is 131 Å². The van der Waals surface area contributed by atoms with Crippen LogP contribution in [0.3, 0.4) is 0 Å². The minimum absolute atomic E-state index is 0.0667. The van der Waals surface area contributed by atoms with Gasteiger partial charge in [0.15, 0.2) is 5.75 Å². The zero-order valence-corrected chi connectivity index (χ0v) is 30.1. The maximum atomic E-state index is 11.9. The summed E-state index contributed by atoms with van der Waals surface area (Å²) in [7, 11) is 0. The average Bonchev–Trinajstić information content (AvgIpc) is 2.93. The number of benzene rings is 1. The molecule has 0 aliphatic carbocycles. The molecule has 9 nitrogen and oxygen atoms in total. The van der Waals surface area contributed by atoms with Crippen LogP contribution in [0.15, 0.2) is 24.3 Å². The van der Waals surface area contributed by atoms with Crippen molar-refractivity contribution < 1.29 is 33.8 Å². The van der Waals surface area contributed by atoms with Crippen molar-refractivity contribution in [3.8, 4) is 5.75 Å². The number of aromatic hydroxyl groups is 1. The SMILES string of the molecule is C=C(C)C(=O)OCCOC(=O)C(C)(C)CC.CCC(C)(C)C(=O)NC(C)C.CCC(C)(C)C(=O)Nc1cc(Cl)c(O)c(Cl)c1. The van der Waals surface area contributed by atoms with Crippen LogP contribution in [0.1, 0.15) is 102 Å². The fourth-order valence-corrected chi connectivity index (χ4v) is 2.94. The van der Waals surface area contributed by atoms with Gasteiger partial charge in [0, 0.05) is 28.1 Å². The second-order valence-electron chi connectivity index (χ2n) is 12.6. The van der Waals surface area contributed by atoms with Crippen molar-refractivity contribution in [2.75, 3.05) is 18.5 Å². The molecule has 0 radical (unpaired) electrons. The molecule has 0 spiro atoms. The number of carbonyl (C=O) groups is 4. The van der Waals surface area contributed by atoms with E-state index in [0.717, 1.165) is 12.8 Å². The molecule has 44 heavy (non-hydrogen) atoms. The van der Waals surface area contributed by atoms with E-state index in [1.54, 1.807) is 6.92 Å². The Bertz CT molecular complexity index is 1110. The fraction of sp³-hybridized carbons (Fsp3) is 0.636. The van der Waals surface area contributed by atoms with Crippen LogP contribution in [0.2, 0.25) is 10.0 Å². The predicted octanol–water partition coefficient (Wildman–Crippen LogP) is 8.11. The molecule has 0 aromatic heterocycles. The van der Waals surface area contributed by atoms with Crippen LogP contribution in [0.25, 0.3) is 0 Å². The monoisotopic (exact) mass is 660 g/mol. The van der Waals surface area contributed by atoms with Gasteiger partial charge in [-0.1, -0.05) is 78.2 Å². The lowest BCUT2D eigenvalue weighted by molar-refractivity contribution is -0.158. The van der Waals surface area contributed by atoms with Crippen LogP contribution in [-0.2, 0) is 28.7 Å². The number of nitrogens with one attached hydrogen (secondary N) is 2. The number of phenols is 1. The van der Waals surface area contributed by atoms with E-state index in [1.165, 1.54) is 12.1 Å². The number of halogens is 2. The highest BCUT2D eigenvalue weighted by atomic mass is 35.5. The van der Waals surface area contributed by atoms with E-state index < -0.39 is 16.8 Å². The lowest BCUT2D eigenvalue weighted by atomic mass is 9.89. The molecule has 1 aromatic carbocycles. The van der Waals surface area contributed by atoms with E-state index in [4.69, 9.17) is 32.7 Å². The Labute approximate surface area is 274 Å². The smallest absolute Gasteiger partial charge is 0.333 e. The quantitative estimate of drug-likeness (QED) is 0.0893. The second-order valence-corrected chi connectivity index (χ2v) is 13.4. The standard InChI is InChI=1S/C12H15Cl2NO2.C12H20O4.C9H19NO/c1-4-12(2,3)11(17)15-7-5-8(13)10(16)9(14)6-7;1-6-12(4,5)11(14)16-8-7-15-10(13)9(2)3;1-6-9(4,5)8(11)10-7(2)3/h5-6,16H,4H2,1-3H3,(H,15,17);2,6-8H2,1,3-5H3;7H,6H2,1-5H3,(H,10,11). The largest absolute Gasteiger partial charge is 0.505 e. The summed E-state index contributed by atoms with van der Waals surface area (Å²) in [5.41, 5.74) is -0.357. The lowest BCUT2D eigenvalue weighted by Gasteiger charge is -2.22. The van der Waals surface area contributed by atoms with E-state index >= 15 is 0 Å². The molecule has 0 heterocycles. The number of anilines is 1. The van der Waals surface area contributed by atoms with Crippen LogP contribution in [0.5, 0.6) is 5.75 Å². The Morgan fingerprint density at radius 2 is 1.23 bits per heavy atom. The highest BCUT2D eigenvalue weighted by molar-refractivity contribution is 6.37. The lowest BCUT2D eigenvalue weighted by Crippen LogP contribution is -2.40. The first kappa shape index (κ1) is 43.3. The maximum Gasteiger partial charge on any atom is 0.333 e. The zero-order chi connectivity index (χ0) is 35.1. The van der Waals surface area contributed by atoms with Crippen molar-refractivity contribution in [3.05, 3.63) is 34.3 Å². The minimum atomic E-state index is -0.488. The van der Waals surface area contributed by atoms with Gasteiger partial charge in [-0.25, -0.2) is 4.79 Å². The summed E-state index contributed by atoms with van der Waals surface area (Å²) in [4.78, 5) is 45.8.